The second-order valence-corrected chi connectivity index (χ2v) is 5.42. The highest BCUT2D eigenvalue weighted by molar-refractivity contribution is 5.78. The monoisotopic (exact) mass is 298 g/mol. The number of halogens is 1. The highest BCUT2D eigenvalue weighted by atomic mass is 19.1. The van der Waals surface area contributed by atoms with Crippen LogP contribution in [0.3, 0.4) is 0 Å². The zero-order chi connectivity index (χ0) is 16.0. The van der Waals surface area contributed by atoms with Crippen LogP contribution >= 0.6 is 0 Å². The lowest BCUT2D eigenvalue weighted by Gasteiger charge is -2.21. The third kappa shape index (κ3) is 6.60. The highest BCUT2D eigenvalue weighted by Gasteiger charge is 2.21. The number of alkyl carbamates (subject to hydrolysis) is 1. The van der Waals surface area contributed by atoms with Gasteiger partial charge in [0.15, 0.2) is 0 Å². The number of carboxylic acid groups (broad SMARTS) is 1. The van der Waals surface area contributed by atoms with Crippen LogP contribution in [-0.2, 0) is 9.53 Å². The summed E-state index contributed by atoms with van der Waals surface area (Å²) in [6, 6.07) is 4.20. The lowest BCUT2D eigenvalue weighted by molar-refractivity contribution is -0.137. The molecule has 0 aromatic heterocycles. The van der Waals surface area contributed by atoms with Crippen molar-refractivity contribution in [3.8, 4) is 0 Å². The van der Waals surface area contributed by atoms with Gasteiger partial charge in [0.25, 0.3) is 0 Å². The minimum atomic E-state index is -1.14. The van der Waals surface area contributed by atoms with E-state index in [0.717, 1.165) is 0 Å². The fourth-order valence-electron chi connectivity index (χ4n) is 1.45. The molecule has 1 amide bonds. The first-order valence-electron chi connectivity index (χ1n) is 6.39. The van der Waals surface area contributed by atoms with Crippen LogP contribution in [0.4, 0.5) is 14.9 Å². The molecule has 6 nitrogen and oxygen atoms in total. The molecule has 3 N–H and O–H groups in total. The number of rotatable bonds is 5. The number of amides is 1. The van der Waals surface area contributed by atoms with Gasteiger partial charge >= 0.3 is 12.1 Å². The molecule has 0 saturated carbocycles. The number of anilines is 1. The number of benzene rings is 1. The van der Waals surface area contributed by atoms with E-state index in [1.165, 1.54) is 24.3 Å². The molecule has 0 radical (unpaired) electrons. The number of hydrogen-bond donors (Lipinski definition) is 3. The minimum Gasteiger partial charge on any atom is -0.480 e. The van der Waals surface area contributed by atoms with Crippen LogP contribution in [0.2, 0.25) is 0 Å². The van der Waals surface area contributed by atoms with E-state index in [-0.39, 0.29) is 6.54 Å². The molecule has 0 aliphatic rings. The summed E-state index contributed by atoms with van der Waals surface area (Å²) < 4.78 is 17.8. The molecular weight excluding hydrogens is 279 g/mol. The smallest absolute Gasteiger partial charge is 0.407 e. The largest absolute Gasteiger partial charge is 0.480 e. The van der Waals surface area contributed by atoms with Gasteiger partial charge in [0, 0.05) is 5.69 Å². The van der Waals surface area contributed by atoms with Gasteiger partial charge in [0.1, 0.15) is 17.5 Å². The topological polar surface area (TPSA) is 87.7 Å². The number of aliphatic carboxylic acids is 1. The number of carbonyl (C=O) groups excluding carboxylic acids is 1. The van der Waals surface area contributed by atoms with Gasteiger partial charge in [-0.1, -0.05) is 0 Å². The molecule has 0 fully saturated rings. The highest BCUT2D eigenvalue weighted by Crippen LogP contribution is 2.10. The third-order valence-corrected chi connectivity index (χ3v) is 2.33. The molecule has 0 aliphatic heterocycles. The zero-order valence-corrected chi connectivity index (χ0v) is 12.1. The van der Waals surface area contributed by atoms with E-state index in [0.29, 0.717) is 5.69 Å². The maximum atomic E-state index is 12.8. The second kappa shape index (κ2) is 6.92. The molecule has 116 valence electrons. The summed E-state index contributed by atoms with van der Waals surface area (Å²) in [6.07, 6.45) is -0.699. The Bertz CT molecular complexity index is 497. The van der Waals surface area contributed by atoms with E-state index in [2.05, 4.69) is 10.6 Å². The van der Waals surface area contributed by atoms with Gasteiger partial charge < -0.3 is 20.5 Å². The normalized spacial score (nSPS) is 12.4. The SMILES string of the molecule is CC(C)(C)OC(=O)NC[C@H](Nc1ccc(F)cc1)C(=O)O. The molecule has 0 heterocycles. The van der Waals surface area contributed by atoms with Crippen molar-refractivity contribution in [2.75, 3.05) is 11.9 Å². The van der Waals surface area contributed by atoms with Crippen molar-refractivity contribution in [3.63, 3.8) is 0 Å². The number of nitrogens with one attached hydrogen (secondary N) is 2. The van der Waals surface area contributed by atoms with Crippen LogP contribution in [0.1, 0.15) is 20.8 Å². The molecule has 1 aromatic carbocycles. The van der Waals surface area contributed by atoms with Crippen LogP contribution in [0.25, 0.3) is 0 Å². The fourth-order valence-corrected chi connectivity index (χ4v) is 1.45. The van der Waals surface area contributed by atoms with Gasteiger partial charge in [-0.15, -0.1) is 0 Å². The molecular formula is C14H19FN2O4. The number of carbonyl (C=O) groups is 2. The minimum absolute atomic E-state index is 0.165. The number of hydrogen-bond acceptors (Lipinski definition) is 4. The van der Waals surface area contributed by atoms with Crippen molar-refractivity contribution in [2.45, 2.75) is 32.4 Å². The molecule has 0 unspecified atom stereocenters. The van der Waals surface area contributed by atoms with Crippen LogP contribution in [0.5, 0.6) is 0 Å². The Kier molecular flexibility index (Phi) is 5.52. The van der Waals surface area contributed by atoms with E-state index in [1.807, 2.05) is 0 Å². The first-order chi connectivity index (χ1) is 9.67. The molecule has 1 rings (SSSR count). The summed E-state index contributed by atoms with van der Waals surface area (Å²) in [5, 5.41) is 14.2. The Morgan fingerprint density at radius 1 is 1.29 bits per heavy atom. The van der Waals surface area contributed by atoms with Crippen molar-refractivity contribution in [3.05, 3.63) is 30.1 Å². The van der Waals surface area contributed by atoms with E-state index >= 15 is 0 Å². The van der Waals surface area contributed by atoms with E-state index in [1.54, 1.807) is 20.8 Å². The van der Waals surface area contributed by atoms with Crippen molar-refractivity contribution in [1.29, 1.82) is 0 Å². The lowest BCUT2D eigenvalue weighted by Crippen LogP contribution is -2.43. The van der Waals surface area contributed by atoms with Gasteiger partial charge in [0.05, 0.1) is 6.54 Å². The Morgan fingerprint density at radius 2 is 1.86 bits per heavy atom. The van der Waals surface area contributed by atoms with Crippen molar-refractivity contribution < 1.29 is 23.8 Å². The van der Waals surface area contributed by atoms with Gasteiger partial charge in [-0.3, -0.25) is 0 Å². The van der Waals surface area contributed by atoms with Gasteiger partial charge in [-0.2, -0.15) is 0 Å². The molecule has 0 aliphatic carbocycles. The quantitative estimate of drug-likeness (QED) is 0.775. The summed E-state index contributed by atoms with van der Waals surface area (Å²) in [6.45, 7) is 4.95. The zero-order valence-electron chi connectivity index (χ0n) is 12.1. The molecule has 1 atom stereocenters. The van der Waals surface area contributed by atoms with Gasteiger partial charge in [-0.05, 0) is 45.0 Å². The Labute approximate surface area is 122 Å². The second-order valence-electron chi connectivity index (χ2n) is 5.42. The molecule has 0 saturated heterocycles. The molecule has 7 heteroatoms. The Morgan fingerprint density at radius 3 is 2.33 bits per heavy atom. The van der Waals surface area contributed by atoms with Gasteiger partial charge in [0.2, 0.25) is 0 Å². The summed E-state index contributed by atoms with van der Waals surface area (Å²) in [7, 11) is 0. The predicted molar refractivity (Wildman–Crippen MR) is 75.7 cm³/mol. The van der Waals surface area contributed by atoms with Crippen LogP contribution in [0, 0.1) is 5.82 Å². The standard InChI is InChI=1S/C14H19FN2O4/c1-14(2,3)21-13(20)16-8-11(12(18)19)17-10-6-4-9(15)5-7-10/h4-7,11,17H,8H2,1-3H3,(H,16,20)(H,18,19)/t11-/m0/s1. The first kappa shape index (κ1) is 16.7. The molecule has 1 aromatic rings. The van der Waals surface area contributed by atoms with Crippen LogP contribution in [0.15, 0.2) is 24.3 Å². The summed E-state index contributed by atoms with van der Waals surface area (Å²) in [4.78, 5) is 22.6. The summed E-state index contributed by atoms with van der Waals surface area (Å²) in [5.41, 5.74) is -0.220. The first-order valence-corrected chi connectivity index (χ1v) is 6.39. The number of carboxylic acids is 1. The molecule has 0 spiro atoms. The Hall–Kier alpha value is -2.31. The Balaban J connectivity index is 2.56. The number of ether oxygens (including phenoxy) is 1. The van der Waals surface area contributed by atoms with E-state index < -0.39 is 29.5 Å². The van der Waals surface area contributed by atoms with Crippen molar-refractivity contribution in [1.82, 2.24) is 5.32 Å². The lowest BCUT2D eigenvalue weighted by atomic mass is 10.2. The maximum Gasteiger partial charge on any atom is 0.407 e. The van der Waals surface area contributed by atoms with Crippen LogP contribution in [-0.4, -0.2) is 35.4 Å². The average Bonchev–Trinajstić information content (AvgIpc) is 2.34. The summed E-state index contributed by atoms with van der Waals surface area (Å²) >= 11 is 0. The average molecular weight is 298 g/mol. The fraction of sp³-hybridized carbons (Fsp3) is 0.429. The predicted octanol–water partition coefficient (Wildman–Crippen LogP) is 2.22. The summed E-state index contributed by atoms with van der Waals surface area (Å²) in [5.74, 6) is -1.56. The maximum absolute atomic E-state index is 12.8. The van der Waals surface area contributed by atoms with Crippen LogP contribution < -0.4 is 10.6 Å². The molecule has 21 heavy (non-hydrogen) atoms. The van der Waals surface area contributed by atoms with Crippen molar-refractivity contribution >= 4 is 17.7 Å². The van der Waals surface area contributed by atoms with Gasteiger partial charge in [-0.25, -0.2) is 14.0 Å². The molecule has 0 bridgehead atoms. The third-order valence-electron chi connectivity index (χ3n) is 2.33. The van der Waals surface area contributed by atoms with Crippen molar-refractivity contribution in [2.24, 2.45) is 0 Å². The van der Waals surface area contributed by atoms with E-state index in [4.69, 9.17) is 9.84 Å². The van der Waals surface area contributed by atoms with E-state index in [9.17, 15) is 14.0 Å².